The van der Waals surface area contributed by atoms with E-state index in [1.807, 2.05) is 20.8 Å². The largest absolute Gasteiger partial charge is 0.436 e. The standard InChI is InChI=1S/C12H14N4O3S/c1-4-13-10-5-9(16(17)18)6-11(15-10)20-12-14-7(2)8(3)19-12/h5-6H,4H2,1-3H3,(H,13,15). The van der Waals surface area contributed by atoms with Crippen LogP contribution in [0.25, 0.3) is 0 Å². The Bertz CT molecular complexity index is 622. The van der Waals surface area contributed by atoms with Crippen molar-refractivity contribution in [2.75, 3.05) is 11.9 Å². The number of aryl methyl sites for hydroxylation is 2. The number of hydrogen-bond donors (Lipinski definition) is 1. The third-order valence-corrected chi connectivity index (χ3v) is 3.32. The van der Waals surface area contributed by atoms with Gasteiger partial charge in [-0.15, -0.1) is 0 Å². The highest BCUT2D eigenvalue weighted by Crippen LogP contribution is 2.30. The van der Waals surface area contributed by atoms with E-state index in [4.69, 9.17) is 4.42 Å². The van der Waals surface area contributed by atoms with Crippen molar-refractivity contribution in [1.29, 1.82) is 0 Å². The molecule has 20 heavy (non-hydrogen) atoms. The molecule has 0 saturated heterocycles. The molecule has 0 bridgehead atoms. The van der Waals surface area contributed by atoms with Gasteiger partial charge in [0.05, 0.1) is 16.7 Å². The minimum absolute atomic E-state index is 0.0153. The first kappa shape index (κ1) is 14.3. The van der Waals surface area contributed by atoms with E-state index >= 15 is 0 Å². The van der Waals surface area contributed by atoms with Crippen LogP contribution < -0.4 is 5.32 Å². The lowest BCUT2D eigenvalue weighted by atomic mass is 10.4. The fourth-order valence-corrected chi connectivity index (χ4v) is 2.35. The van der Waals surface area contributed by atoms with Crippen molar-refractivity contribution in [2.24, 2.45) is 0 Å². The van der Waals surface area contributed by atoms with Gasteiger partial charge in [0.1, 0.15) is 16.6 Å². The Morgan fingerprint density at radius 1 is 1.40 bits per heavy atom. The zero-order valence-electron chi connectivity index (χ0n) is 11.3. The quantitative estimate of drug-likeness (QED) is 0.668. The average molecular weight is 294 g/mol. The number of aromatic nitrogens is 2. The molecule has 0 unspecified atom stereocenters. The molecule has 0 fully saturated rings. The molecule has 0 aliphatic rings. The minimum atomic E-state index is -0.446. The zero-order chi connectivity index (χ0) is 14.7. The predicted molar refractivity (Wildman–Crippen MR) is 75.2 cm³/mol. The molecule has 0 amide bonds. The van der Waals surface area contributed by atoms with Crippen LogP contribution in [0.5, 0.6) is 0 Å². The zero-order valence-corrected chi connectivity index (χ0v) is 12.2. The number of oxazole rings is 1. The van der Waals surface area contributed by atoms with Gasteiger partial charge in [-0.2, -0.15) is 0 Å². The highest BCUT2D eigenvalue weighted by Gasteiger charge is 2.14. The van der Waals surface area contributed by atoms with Crippen molar-refractivity contribution in [1.82, 2.24) is 9.97 Å². The van der Waals surface area contributed by atoms with E-state index in [2.05, 4.69) is 15.3 Å². The smallest absolute Gasteiger partial charge is 0.275 e. The Labute approximate surface area is 120 Å². The van der Waals surface area contributed by atoms with Gasteiger partial charge < -0.3 is 9.73 Å². The van der Waals surface area contributed by atoms with Gasteiger partial charge in [-0.1, -0.05) is 0 Å². The van der Waals surface area contributed by atoms with E-state index in [1.165, 1.54) is 12.1 Å². The molecule has 2 rings (SSSR count). The van der Waals surface area contributed by atoms with Crippen LogP contribution in [0.15, 0.2) is 26.8 Å². The average Bonchev–Trinajstić information content (AvgIpc) is 2.68. The molecule has 8 heteroatoms. The number of nitrogens with one attached hydrogen (secondary N) is 1. The van der Waals surface area contributed by atoms with Crippen molar-refractivity contribution in [3.05, 3.63) is 33.7 Å². The summed E-state index contributed by atoms with van der Waals surface area (Å²) in [6, 6.07) is 2.81. The van der Waals surface area contributed by atoms with Crippen molar-refractivity contribution in [3.8, 4) is 0 Å². The molecule has 0 radical (unpaired) electrons. The molecule has 0 aromatic carbocycles. The number of hydrogen-bond acceptors (Lipinski definition) is 7. The molecule has 0 aliphatic heterocycles. The maximum atomic E-state index is 10.9. The summed E-state index contributed by atoms with van der Waals surface area (Å²) < 4.78 is 5.44. The summed E-state index contributed by atoms with van der Waals surface area (Å²) in [5, 5.41) is 14.8. The second-order valence-corrected chi connectivity index (χ2v) is 5.03. The molecule has 106 valence electrons. The third kappa shape index (κ3) is 3.27. The summed E-state index contributed by atoms with van der Waals surface area (Å²) in [7, 11) is 0. The predicted octanol–water partition coefficient (Wildman–Crippen LogP) is 3.18. The second kappa shape index (κ2) is 5.91. The number of nitro groups is 1. The lowest BCUT2D eigenvalue weighted by Gasteiger charge is -2.04. The maximum Gasteiger partial charge on any atom is 0.275 e. The number of nitrogens with zero attached hydrogens (tertiary/aromatic N) is 3. The van der Waals surface area contributed by atoms with E-state index in [1.54, 1.807) is 0 Å². The Kier molecular flexibility index (Phi) is 4.23. The molecule has 0 saturated carbocycles. The van der Waals surface area contributed by atoms with Crippen LogP contribution in [-0.2, 0) is 0 Å². The molecular formula is C12H14N4O3S. The topological polar surface area (TPSA) is 94.1 Å². The molecule has 1 N–H and O–H groups in total. The molecule has 7 nitrogen and oxygen atoms in total. The summed E-state index contributed by atoms with van der Waals surface area (Å²) in [6.45, 7) is 6.19. The number of pyridine rings is 1. The first-order valence-corrected chi connectivity index (χ1v) is 6.83. The summed E-state index contributed by atoms with van der Waals surface area (Å²) in [5.41, 5.74) is 0.781. The summed E-state index contributed by atoms with van der Waals surface area (Å²) in [5.74, 6) is 1.19. The van der Waals surface area contributed by atoms with Crippen LogP contribution in [0.3, 0.4) is 0 Å². The highest BCUT2D eigenvalue weighted by atomic mass is 32.2. The van der Waals surface area contributed by atoms with Gasteiger partial charge in [0.2, 0.25) is 0 Å². The highest BCUT2D eigenvalue weighted by molar-refractivity contribution is 7.99. The Balaban J connectivity index is 2.32. The van der Waals surface area contributed by atoms with E-state index in [0.29, 0.717) is 22.6 Å². The molecule has 0 aliphatic carbocycles. The first-order valence-electron chi connectivity index (χ1n) is 6.02. The van der Waals surface area contributed by atoms with Crippen LogP contribution >= 0.6 is 11.8 Å². The minimum Gasteiger partial charge on any atom is -0.436 e. The van der Waals surface area contributed by atoms with Crippen molar-refractivity contribution in [2.45, 2.75) is 31.0 Å². The van der Waals surface area contributed by atoms with E-state index in [9.17, 15) is 10.1 Å². The van der Waals surface area contributed by atoms with Crippen LogP contribution in [0.2, 0.25) is 0 Å². The summed E-state index contributed by atoms with van der Waals surface area (Å²) >= 11 is 1.16. The summed E-state index contributed by atoms with van der Waals surface area (Å²) in [6.07, 6.45) is 0. The normalized spacial score (nSPS) is 10.6. The second-order valence-electron chi connectivity index (χ2n) is 4.06. The molecule has 0 spiro atoms. The number of anilines is 1. The fourth-order valence-electron chi connectivity index (χ4n) is 1.50. The van der Waals surface area contributed by atoms with Crippen LogP contribution in [0.4, 0.5) is 11.5 Å². The van der Waals surface area contributed by atoms with Crippen molar-refractivity contribution < 1.29 is 9.34 Å². The SMILES string of the molecule is CCNc1cc([N+](=O)[O-])cc(Sc2nc(C)c(C)o2)n1. The van der Waals surface area contributed by atoms with Gasteiger partial charge in [0, 0.05) is 12.6 Å². The van der Waals surface area contributed by atoms with Crippen molar-refractivity contribution in [3.63, 3.8) is 0 Å². The number of rotatable bonds is 5. The van der Waals surface area contributed by atoms with Crippen molar-refractivity contribution >= 4 is 23.3 Å². The molecular weight excluding hydrogens is 280 g/mol. The van der Waals surface area contributed by atoms with Crippen LogP contribution in [0.1, 0.15) is 18.4 Å². The van der Waals surface area contributed by atoms with Gasteiger partial charge in [0.15, 0.2) is 0 Å². The third-order valence-electron chi connectivity index (χ3n) is 2.56. The lowest BCUT2D eigenvalue weighted by molar-refractivity contribution is -0.385. The van der Waals surface area contributed by atoms with Crippen LogP contribution in [0, 0.1) is 24.0 Å². The Morgan fingerprint density at radius 3 is 2.70 bits per heavy atom. The van der Waals surface area contributed by atoms with Gasteiger partial charge >= 0.3 is 0 Å². The molecule has 2 aromatic rings. The fraction of sp³-hybridized carbons (Fsp3) is 0.333. The molecule has 0 atom stereocenters. The van der Waals surface area contributed by atoms with E-state index < -0.39 is 4.92 Å². The van der Waals surface area contributed by atoms with E-state index in [-0.39, 0.29) is 5.69 Å². The first-order chi connectivity index (χ1) is 9.49. The Hall–Kier alpha value is -2.09. The van der Waals surface area contributed by atoms with Gasteiger partial charge in [-0.25, -0.2) is 9.97 Å². The van der Waals surface area contributed by atoms with Gasteiger partial charge in [0.25, 0.3) is 10.9 Å². The molecule has 2 aromatic heterocycles. The van der Waals surface area contributed by atoms with Gasteiger partial charge in [-0.3, -0.25) is 10.1 Å². The maximum absolute atomic E-state index is 10.9. The van der Waals surface area contributed by atoms with Crippen LogP contribution in [-0.4, -0.2) is 21.4 Å². The van der Waals surface area contributed by atoms with Gasteiger partial charge in [-0.05, 0) is 32.5 Å². The lowest BCUT2D eigenvalue weighted by Crippen LogP contribution is -2.01. The summed E-state index contributed by atoms with van der Waals surface area (Å²) in [4.78, 5) is 19.0. The monoisotopic (exact) mass is 294 g/mol. The Morgan fingerprint density at radius 2 is 2.15 bits per heavy atom. The molecule has 2 heterocycles. The van der Waals surface area contributed by atoms with E-state index in [0.717, 1.165) is 23.2 Å².